The van der Waals surface area contributed by atoms with Crippen molar-refractivity contribution in [2.24, 2.45) is 0 Å². The van der Waals surface area contributed by atoms with Gasteiger partial charge >= 0.3 is 17.9 Å². The number of rotatable bonds is 44. The fourth-order valence-electron chi connectivity index (χ4n) is 6.62. The van der Waals surface area contributed by atoms with E-state index in [2.05, 4.69) is 51.2 Å². The van der Waals surface area contributed by atoms with E-state index in [1.807, 2.05) is 91.1 Å². The first-order valence-electron chi connectivity index (χ1n) is 25.7. The summed E-state index contributed by atoms with van der Waals surface area (Å²) in [6.07, 6.45) is 70.4. The number of ether oxygens (including phenoxy) is 3. The summed E-state index contributed by atoms with van der Waals surface area (Å²) in [5.74, 6) is -1.02. The SMILES string of the molecule is CC/C=C/C=C/C=C/C=C/C=C/CCCC(=O)OCC(COC(=O)CCCCCCC/C=C/C=C/C=C/C=C/C=C/CCC)OC(=O)CCCCCCCCCCCCCCCCC. The van der Waals surface area contributed by atoms with E-state index in [1.54, 1.807) is 0 Å². The average Bonchev–Trinajstić information content (AvgIpc) is 3.29. The Kier molecular flexibility index (Phi) is 48.1. The molecular formula is C58H92O6. The van der Waals surface area contributed by atoms with Crippen LogP contribution in [0.3, 0.4) is 0 Å². The maximum Gasteiger partial charge on any atom is 0.306 e. The lowest BCUT2D eigenvalue weighted by Gasteiger charge is -2.18. The minimum Gasteiger partial charge on any atom is -0.462 e. The van der Waals surface area contributed by atoms with Crippen molar-refractivity contribution in [2.45, 2.75) is 213 Å². The zero-order valence-electron chi connectivity index (χ0n) is 41.0. The molecule has 0 aromatic heterocycles. The van der Waals surface area contributed by atoms with E-state index >= 15 is 0 Å². The van der Waals surface area contributed by atoms with Gasteiger partial charge in [-0.2, -0.15) is 0 Å². The van der Waals surface area contributed by atoms with E-state index in [9.17, 15) is 14.4 Å². The Balaban J connectivity index is 4.54. The standard InChI is InChI=1S/C58H92O6/c1-4-7-10-13-16-19-22-25-27-28-29-31-33-36-39-42-45-48-51-57(60)63-54-55(53-62-56(59)50-47-44-41-38-35-32-24-21-18-15-12-9-6-3)64-58(61)52-49-46-43-40-37-34-30-26-23-20-17-14-11-8-5-2/h9-10,12-13,15-16,18-19,21-22,24-25,27-29,31-32,35,38,41,55H,4-8,11,14,17,20,23,26,30,33-34,36-37,39-40,42-54H2,1-3H3/b12-9+,13-10+,18-15+,19-16+,24-21+,25-22+,28-27+,31-29+,35-32+,41-38+. The van der Waals surface area contributed by atoms with Crippen molar-refractivity contribution in [1.29, 1.82) is 0 Å². The Bertz CT molecular complexity index is 1390. The fourth-order valence-corrected chi connectivity index (χ4v) is 6.62. The predicted molar refractivity (Wildman–Crippen MR) is 274 cm³/mol. The number of hydrogen-bond donors (Lipinski definition) is 0. The summed E-state index contributed by atoms with van der Waals surface area (Å²) >= 11 is 0. The highest BCUT2D eigenvalue weighted by Gasteiger charge is 2.19. The van der Waals surface area contributed by atoms with Crippen molar-refractivity contribution in [2.75, 3.05) is 13.2 Å². The number of esters is 3. The van der Waals surface area contributed by atoms with Crippen molar-refractivity contribution < 1.29 is 28.6 Å². The first kappa shape index (κ1) is 59.8. The highest BCUT2D eigenvalue weighted by molar-refractivity contribution is 5.71. The maximum atomic E-state index is 12.8. The molecule has 0 aliphatic carbocycles. The molecule has 0 bridgehead atoms. The molecule has 0 spiro atoms. The Labute approximate surface area is 392 Å². The number of carbonyl (C=O) groups is 3. The zero-order chi connectivity index (χ0) is 46.5. The summed E-state index contributed by atoms with van der Waals surface area (Å²) < 4.78 is 16.7. The Morgan fingerprint density at radius 2 is 0.656 bits per heavy atom. The van der Waals surface area contributed by atoms with Gasteiger partial charge in [0.15, 0.2) is 6.10 Å². The second-order valence-corrected chi connectivity index (χ2v) is 16.6. The number of allylic oxidation sites excluding steroid dienone is 20. The Morgan fingerprint density at radius 1 is 0.328 bits per heavy atom. The highest BCUT2D eigenvalue weighted by atomic mass is 16.6. The van der Waals surface area contributed by atoms with Gasteiger partial charge < -0.3 is 14.2 Å². The minimum atomic E-state index is -0.819. The van der Waals surface area contributed by atoms with E-state index in [0.29, 0.717) is 19.3 Å². The molecule has 0 saturated carbocycles. The number of carbonyl (C=O) groups excluding carboxylic acids is 3. The largest absolute Gasteiger partial charge is 0.462 e. The van der Waals surface area contributed by atoms with E-state index in [4.69, 9.17) is 14.2 Å². The molecule has 0 amide bonds. The van der Waals surface area contributed by atoms with Crippen LogP contribution in [0.15, 0.2) is 122 Å². The molecule has 0 rings (SSSR count). The van der Waals surface area contributed by atoms with Crippen LogP contribution in [0.4, 0.5) is 0 Å². The third kappa shape index (κ3) is 48.8. The Hall–Kier alpha value is -4.19. The summed E-state index contributed by atoms with van der Waals surface area (Å²) in [6, 6.07) is 0. The van der Waals surface area contributed by atoms with Crippen LogP contribution in [0.2, 0.25) is 0 Å². The molecule has 0 saturated heterocycles. The van der Waals surface area contributed by atoms with Gasteiger partial charge in [-0.15, -0.1) is 0 Å². The third-order valence-corrected chi connectivity index (χ3v) is 10.4. The van der Waals surface area contributed by atoms with Crippen molar-refractivity contribution in [1.82, 2.24) is 0 Å². The van der Waals surface area contributed by atoms with Crippen LogP contribution < -0.4 is 0 Å². The second kappa shape index (κ2) is 51.4. The van der Waals surface area contributed by atoms with Gasteiger partial charge in [0.25, 0.3) is 0 Å². The molecule has 0 aromatic rings. The second-order valence-electron chi connectivity index (χ2n) is 16.6. The molecule has 1 unspecified atom stereocenters. The molecule has 0 heterocycles. The lowest BCUT2D eigenvalue weighted by Crippen LogP contribution is -2.30. The van der Waals surface area contributed by atoms with E-state index < -0.39 is 6.10 Å². The lowest BCUT2D eigenvalue weighted by atomic mass is 10.0. The van der Waals surface area contributed by atoms with Crippen LogP contribution in [0.25, 0.3) is 0 Å². The van der Waals surface area contributed by atoms with Gasteiger partial charge in [-0.1, -0.05) is 258 Å². The van der Waals surface area contributed by atoms with Crippen LogP contribution in [-0.2, 0) is 28.6 Å². The number of hydrogen-bond acceptors (Lipinski definition) is 6. The van der Waals surface area contributed by atoms with Gasteiger partial charge in [-0.25, -0.2) is 0 Å². The van der Waals surface area contributed by atoms with Gasteiger partial charge in [0.1, 0.15) is 13.2 Å². The van der Waals surface area contributed by atoms with Crippen LogP contribution in [-0.4, -0.2) is 37.2 Å². The van der Waals surface area contributed by atoms with Crippen LogP contribution in [0.5, 0.6) is 0 Å². The van der Waals surface area contributed by atoms with E-state index in [-0.39, 0.29) is 37.5 Å². The first-order valence-corrected chi connectivity index (χ1v) is 25.7. The fraction of sp³-hybridized carbons (Fsp3) is 0.603. The monoisotopic (exact) mass is 885 g/mol. The molecule has 1 atom stereocenters. The number of unbranched alkanes of at least 4 members (excludes halogenated alkanes) is 21. The summed E-state index contributed by atoms with van der Waals surface area (Å²) in [4.78, 5) is 38.0. The highest BCUT2D eigenvalue weighted by Crippen LogP contribution is 2.15. The van der Waals surface area contributed by atoms with E-state index in [0.717, 1.165) is 77.0 Å². The molecule has 6 heteroatoms. The van der Waals surface area contributed by atoms with Gasteiger partial charge in [0.2, 0.25) is 0 Å². The van der Waals surface area contributed by atoms with Crippen LogP contribution in [0.1, 0.15) is 207 Å². The third-order valence-electron chi connectivity index (χ3n) is 10.4. The molecule has 64 heavy (non-hydrogen) atoms. The topological polar surface area (TPSA) is 78.9 Å². The molecule has 0 aromatic carbocycles. The van der Waals surface area contributed by atoms with E-state index in [1.165, 1.54) is 83.5 Å². The van der Waals surface area contributed by atoms with Gasteiger partial charge in [-0.3, -0.25) is 14.4 Å². The van der Waals surface area contributed by atoms with Gasteiger partial charge in [0.05, 0.1) is 0 Å². The Morgan fingerprint density at radius 3 is 1.08 bits per heavy atom. The molecule has 6 nitrogen and oxygen atoms in total. The zero-order valence-corrected chi connectivity index (χ0v) is 41.0. The molecule has 360 valence electrons. The minimum absolute atomic E-state index is 0.116. The van der Waals surface area contributed by atoms with Crippen LogP contribution in [0, 0.1) is 0 Å². The summed E-state index contributed by atoms with van der Waals surface area (Å²) in [7, 11) is 0. The van der Waals surface area contributed by atoms with Gasteiger partial charge in [0, 0.05) is 19.3 Å². The lowest BCUT2D eigenvalue weighted by molar-refractivity contribution is -0.167. The summed E-state index contributed by atoms with van der Waals surface area (Å²) in [5.41, 5.74) is 0. The quantitative estimate of drug-likeness (QED) is 0.0262. The van der Waals surface area contributed by atoms with Crippen LogP contribution >= 0.6 is 0 Å². The normalized spacial score (nSPS) is 13.1. The molecule has 0 radical (unpaired) electrons. The average molecular weight is 885 g/mol. The predicted octanol–water partition coefficient (Wildman–Crippen LogP) is 16.9. The molecule has 0 aliphatic rings. The smallest absolute Gasteiger partial charge is 0.306 e. The summed E-state index contributed by atoms with van der Waals surface area (Å²) in [5, 5.41) is 0. The molecule has 0 fully saturated rings. The molecular weight excluding hydrogens is 793 g/mol. The summed E-state index contributed by atoms with van der Waals surface area (Å²) in [6.45, 7) is 6.31. The van der Waals surface area contributed by atoms with Crippen molar-refractivity contribution in [3.05, 3.63) is 122 Å². The van der Waals surface area contributed by atoms with Crippen molar-refractivity contribution in [3.63, 3.8) is 0 Å². The molecule has 0 aliphatic heterocycles. The van der Waals surface area contributed by atoms with Crippen molar-refractivity contribution in [3.8, 4) is 0 Å². The van der Waals surface area contributed by atoms with Gasteiger partial charge in [-0.05, 0) is 51.4 Å². The molecule has 0 N–H and O–H groups in total. The first-order chi connectivity index (χ1) is 31.5. The van der Waals surface area contributed by atoms with Crippen molar-refractivity contribution >= 4 is 17.9 Å². The maximum absolute atomic E-state index is 12.8.